The first-order valence-electron chi connectivity index (χ1n) is 8.54. The third-order valence-corrected chi connectivity index (χ3v) is 5.49. The van der Waals surface area contributed by atoms with Crippen LogP contribution in [-0.4, -0.2) is 39.2 Å². The Kier molecular flexibility index (Phi) is 4.64. The Labute approximate surface area is 156 Å². The lowest BCUT2D eigenvalue weighted by atomic mass is 9.98. The predicted molar refractivity (Wildman–Crippen MR) is 97.6 cm³/mol. The summed E-state index contributed by atoms with van der Waals surface area (Å²) in [6.45, 7) is 2.85. The summed E-state index contributed by atoms with van der Waals surface area (Å²) in [6.07, 6.45) is 0.439. The molecule has 0 radical (unpaired) electrons. The van der Waals surface area contributed by atoms with Gasteiger partial charge >= 0.3 is 6.18 Å². The number of fused-ring (bicyclic) bond motifs is 1. The average Bonchev–Trinajstić information content (AvgIpc) is 3.21. The van der Waals surface area contributed by atoms with Crippen LogP contribution in [0.15, 0.2) is 18.5 Å². The Bertz CT molecular complexity index is 943. The highest BCUT2D eigenvalue weighted by Crippen LogP contribution is 2.35. The number of piperidine rings is 1. The van der Waals surface area contributed by atoms with Gasteiger partial charge in [0, 0.05) is 18.3 Å². The molecule has 4 rings (SSSR count). The van der Waals surface area contributed by atoms with E-state index in [9.17, 15) is 13.2 Å². The number of anilines is 2. The highest BCUT2D eigenvalue weighted by molar-refractivity contribution is 7.20. The number of aromatic nitrogens is 4. The normalized spacial score (nSPS) is 16.1. The van der Waals surface area contributed by atoms with Crippen LogP contribution in [0.5, 0.6) is 0 Å². The van der Waals surface area contributed by atoms with E-state index < -0.39 is 17.6 Å². The SMILES string of the molecule is Nc1ncc(-c2cnc3sc(NCC4CCNCC4)nn23)cc1C(F)(F)F. The van der Waals surface area contributed by atoms with Crippen molar-refractivity contribution in [2.75, 3.05) is 30.7 Å². The molecule has 4 heterocycles. The fourth-order valence-electron chi connectivity index (χ4n) is 3.12. The number of nitrogen functional groups attached to an aromatic ring is 1. The van der Waals surface area contributed by atoms with Gasteiger partial charge in [-0.1, -0.05) is 11.3 Å². The highest BCUT2D eigenvalue weighted by atomic mass is 32.1. The van der Waals surface area contributed by atoms with Crippen molar-refractivity contribution >= 4 is 27.2 Å². The van der Waals surface area contributed by atoms with Gasteiger partial charge in [0.2, 0.25) is 10.1 Å². The lowest BCUT2D eigenvalue weighted by Gasteiger charge is -2.22. The average molecular weight is 397 g/mol. The molecule has 1 saturated heterocycles. The standard InChI is InChI=1S/C16H18F3N7S/c17-16(18,19)11-5-10(7-22-13(11)20)12-8-24-15-26(12)25-14(27-15)23-6-9-1-3-21-4-2-9/h5,7-9,21H,1-4,6H2,(H2,20,22)(H,23,25). The molecular formula is C16H18F3N7S. The van der Waals surface area contributed by atoms with Gasteiger partial charge in [0.15, 0.2) is 0 Å². The molecule has 0 aromatic carbocycles. The molecule has 0 bridgehead atoms. The Morgan fingerprint density at radius 3 is 2.78 bits per heavy atom. The number of alkyl halides is 3. The number of pyridine rings is 1. The lowest BCUT2D eigenvalue weighted by Crippen LogP contribution is -2.31. The Hall–Kier alpha value is -2.40. The molecule has 3 aromatic heterocycles. The number of hydrogen-bond donors (Lipinski definition) is 3. The van der Waals surface area contributed by atoms with E-state index in [1.165, 1.54) is 28.2 Å². The van der Waals surface area contributed by atoms with Crippen LogP contribution in [-0.2, 0) is 6.18 Å². The van der Waals surface area contributed by atoms with Crippen molar-refractivity contribution in [3.8, 4) is 11.3 Å². The lowest BCUT2D eigenvalue weighted by molar-refractivity contribution is -0.137. The van der Waals surface area contributed by atoms with E-state index >= 15 is 0 Å². The second-order valence-electron chi connectivity index (χ2n) is 6.47. The monoisotopic (exact) mass is 397 g/mol. The molecule has 0 unspecified atom stereocenters. The Morgan fingerprint density at radius 2 is 2.04 bits per heavy atom. The van der Waals surface area contributed by atoms with Crippen molar-refractivity contribution in [1.29, 1.82) is 0 Å². The minimum atomic E-state index is -4.57. The summed E-state index contributed by atoms with van der Waals surface area (Å²) in [5, 5.41) is 11.8. The van der Waals surface area contributed by atoms with Crippen molar-refractivity contribution in [2.45, 2.75) is 19.0 Å². The number of nitrogens with two attached hydrogens (primary N) is 1. The zero-order valence-electron chi connectivity index (χ0n) is 14.3. The van der Waals surface area contributed by atoms with Crippen LogP contribution in [0.4, 0.5) is 24.1 Å². The smallest absolute Gasteiger partial charge is 0.383 e. The molecule has 27 heavy (non-hydrogen) atoms. The van der Waals surface area contributed by atoms with Crippen LogP contribution in [0.25, 0.3) is 16.2 Å². The number of hydrogen-bond acceptors (Lipinski definition) is 7. The van der Waals surface area contributed by atoms with Gasteiger partial charge in [0.25, 0.3) is 0 Å². The van der Waals surface area contributed by atoms with Crippen LogP contribution in [0.1, 0.15) is 18.4 Å². The second kappa shape index (κ2) is 6.97. The fraction of sp³-hybridized carbons (Fsp3) is 0.438. The first kappa shape index (κ1) is 18.0. The van der Waals surface area contributed by atoms with E-state index in [0.717, 1.165) is 38.5 Å². The van der Waals surface area contributed by atoms with Crippen LogP contribution in [0.3, 0.4) is 0 Å². The van der Waals surface area contributed by atoms with Gasteiger partial charge in [-0.3, -0.25) is 0 Å². The van der Waals surface area contributed by atoms with Gasteiger partial charge in [-0.05, 0) is 37.9 Å². The first-order valence-corrected chi connectivity index (χ1v) is 9.35. The van der Waals surface area contributed by atoms with Crippen molar-refractivity contribution in [1.82, 2.24) is 24.9 Å². The summed E-state index contributed by atoms with van der Waals surface area (Å²) in [4.78, 5) is 8.54. The third kappa shape index (κ3) is 3.69. The van der Waals surface area contributed by atoms with Crippen molar-refractivity contribution in [3.63, 3.8) is 0 Å². The van der Waals surface area contributed by atoms with Crippen LogP contribution >= 0.6 is 11.3 Å². The van der Waals surface area contributed by atoms with Crippen molar-refractivity contribution in [2.24, 2.45) is 5.92 Å². The number of halogens is 3. The van der Waals surface area contributed by atoms with Gasteiger partial charge < -0.3 is 16.4 Å². The number of imidazole rings is 1. The molecule has 0 spiro atoms. The Balaban J connectivity index is 1.59. The molecule has 144 valence electrons. The Morgan fingerprint density at radius 1 is 1.26 bits per heavy atom. The fourth-order valence-corrected chi connectivity index (χ4v) is 3.90. The molecule has 1 aliphatic heterocycles. The third-order valence-electron chi connectivity index (χ3n) is 4.61. The zero-order valence-corrected chi connectivity index (χ0v) is 15.1. The van der Waals surface area contributed by atoms with E-state index in [1.54, 1.807) is 0 Å². The van der Waals surface area contributed by atoms with Crippen LogP contribution < -0.4 is 16.4 Å². The van der Waals surface area contributed by atoms with Crippen molar-refractivity contribution in [3.05, 3.63) is 24.0 Å². The highest BCUT2D eigenvalue weighted by Gasteiger charge is 2.34. The first-order chi connectivity index (χ1) is 12.9. The maximum atomic E-state index is 13.1. The topological polar surface area (TPSA) is 93.2 Å². The summed E-state index contributed by atoms with van der Waals surface area (Å²) in [5.74, 6) is 0.0344. The number of nitrogens with one attached hydrogen (secondary N) is 2. The molecule has 4 N–H and O–H groups in total. The molecule has 0 atom stereocenters. The molecule has 0 aliphatic carbocycles. The van der Waals surface area contributed by atoms with Gasteiger partial charge in [-0.15, -0.1) is 5.10 Å². The van der Waals surface area contributed by atoms with Crippen molar-refractivity contribution < 1.29 is 13.2 Å². The zero-order chi connectivity index (χ0) is 19.0. The quantitative estimate of drug-likeness (QED) is 0.627. The van der Waals surface area contributed by atoms with E-state index in [-0.39, 0.29) is 5.56 Å². The van der Waals surface area contributed by atoms with E-state index in [4.69, 9.17) is 5.73 Å². The van der Waals surface area contributed by atoms with E-state index in [1.807, 2.05) is 0 Å². The summed E-state index contributed by atoms with van der Waals surface area (Å²) >= 11 is 1.36. The molecule has 1 fully saturated rings. The summed E-state index contributed by atoms with van der Waals surface area (Å²) in [6, 6.07) is 0.979. The largest absolute Gasteiger partial charge is 0.419 e. The minimum absolute atomic E-state index is 0.263. The maximum Gasteiger partial charge on any atom is 0.419 e. The maximum absolute atomic E-state index is 13.1. The summed E-state index contributed by atoms with van der Waals surface area (Å²) in [7, 11) is 0. The summed E-state index contributed by atoms with van der Waals surface area (Å²) < 4.78 is 40.8. The predicted octanol–water partition coefficient (Wildman–Crippen LogP) is 2.87. The molecular weight excluding hydrogens is 379 g/mol. The van der Waals surface area contributed by atoms with E-state index in [2.05, 4.69) is 25.7 Å². The van der Waals surface area contributed by atoms with E-state index in [0.29, 0.717) is 21.7 Å². The molecule has 0 amide bonds. The molecule has 7 nitrogen and oxygen atoms in total. The van der Waals surface area contributed by atoms with Gasteiger partial charge in [-0.2, -0.15) is 13.2 Å². The summed E-state index contributed by atoms with van der Waals surface area (Å²) in [5.41, 5.74) is 5.11. The molecule has 1 aliphatic rings. The van der Waals surface area contributed by atoms with Crippen LogP contribution in [0.2, 0.25) is 0 Å². The van der Waals surface area contributed by atoms with Gasteiger partial charge in [-0.25, -0.2) is 14.5 Å². The molecule has 11 heteroatoms. The van der Waals surface area contributed by atoms with Crippen LogP contribution in [0, 0.1) is 5.92 Å². The van der Waals surface area contributed by atoms with Gasteiger partial charge in [0.1, 0.15) is 5.82 Å². The minimum Gasteiger partial charge on any atom is -0.383 e. The number of nitrogens with zero attached hydrogens (tertiary/aromatic N) is 4. The molecule has 0 saturated carbocycles. The second-order valence-corrected chi connectivity index (χ2v) is 7.43. The molecule has 3 aromatic rings. The number of rotatable bonds is 4. The van der Waals surface area contributed by atoms with Gasteiger partial charge in [0.05, 0.1) is 17.5 Å².